The number of piperidine rings is 1. The highest BCUT2D eigenvalue weighted by atomic mass is 35.5. The van der Waals surface area contributed by atoms with E-state index >= 15 is 0 Å². The molecule has 9 heteroatoms. The predicted molar refractivity (Wildman–Crippen MR) is 168 cm³/mol. The van der Waals surface area contributed by atoms with E-state index < -0.39 is 0 Å². The molecule has 0 amide bonds. The summed E-state index contributed by atoms with van der Waals surface area (Å²) in [6, 6.07) is 19.3. The van der Waals surface area contributed by atoms with Gasteiger partial charge >= 0.3 is 5.97 Å². The molecule has 4 aromatic rings. The lowest BCUT2D eigenvalue weighted by molar-refractivity contribution is -0.143. The number of aryl methyl sites for hydroxylation is 2. The molecule has 8 nitrogen and oxygen atoms in total. The summed E-state index contributed by atoms with van der Waals surface area (Å²) in [5, 5.41) is 0.674. The predicted octanol–water partition coefficient (Wildman–Crippen LogP) is 6.75. The number of nitrogens with zero attached hydrogens (tertiary/aromatic N) is 3. The van der Waals surface area contributed by atoms with E-state index in [4.69, 9.17) is 35.5 Å². The zero-order valence-electron chi connectivity index (χ0n) is 25.0. The first-order valence-corrected chi connectivity index (χ1v) is 15.5. The molecule has 1 saturated heterocycles. The maximum Gasteiger partial charge on any atom is 0.306 e. The molecule has 228 valence electrons. The van der Waals surface area contributed by atoms with Crippen molar-refractivity contribution >= 4 is 28.6 Å². The van der Waals surface area contributed by atoms with Gasteiger partial charge in [-0.3, -0.25) is 9.69 Å². The van der Waals surface area contributed by atoms with Crippen molar-refractivity contribution in [1.29, 1.82) is 0 Å². The summed E-state index contributed by atoms with van der Waals surface area (Å²) < 4.78 is 25.6. The molecule has 3 aromatic carbocycles. The summed E-state index contributed by atoms with van der Waals surface area (Å²) in [4.78, 5) is 19.3. The van der Waals surface area contributed by atoms with Gasteiger partial charge in [0, 0.05) is 37.2 Å². The Morgan fingerprint density at radius 3 is 2.47 bits per heavy atom. The first-order chi connectivity index (χ1) is 21.0. The van der Waals surface area contributed by atoms with Crippen LogP contribution < -0.4 is 14.2 Å². The molecule has 0 atom stereocenters. The van der Waals surface area contributed by atoms with Crippen molar-refractivity contribution in [2.45, 2.75) is 52.2 Å². The average Bonchev–Trinajstić information content (AvgIpc) is 3.34. The molecule has 0 spiro atoms. The van der Waals surface area contributed by atoms with Crippen LogP contribution in [0.4, 0.5) is 0 Å². The largest absolute Gasteiger partial charge is 0.492 e. The zero-order chi connectivity index (χ0) is 30.0. The third kappa shape index (κ3) is 8.65. The minimum atomic E-state index is -0.233. The van der Waals surface area contributed by atoms with Crippen molar-refractivity contribution in [3.05, 3.63) is 82.6 Å². The summed E-state index contributed by atoms with van der Waals surface area (Å²) in [6.45, 7) is 6.78. The molecule has 1 aromatic heterocycles. The van der Waals surface area contributed by atoms with E-state index in [1.54, 1.807) is 6.92 Å². The Labute approximate surface area is 258 Å². The van der Waals surface area contributed by atoms with Gasteiger partial charge in [-0.25, -0.2) is 4.98 Å². The SMILES string of the molecule is CCOC(=O)CCc1ccc(OCc2nc3ccc(OCCN4CCCCC4)cc3n2C)cc1OCc1ccc(Cl)cc1. The number of rotatable bonds is 14. The van der Waals surface area contributed by atoms with Crippen LogP contribution in [-0.2, 0) is 36.2 Å². The minimum absolute atomic E-state index is 0.233. The van der Waals surface area contributed by atoms with Gasteiger partial charge in [-0.1, -0.05) is 36.2 Å². The van der Waals surface area contributed by atoms with E-state index in [0.29, 0.717) is 42.8 Å². The van der Waals surface area contributed by atoms with Crippen LogP contribution >= 0.6 is 11.6 Å². The second-order valence-electron chi connectivity index (χ2n) is 10.8. The number of carbonyl (C=O) groups excluding carboxylic acids is 1. The van der Waals surface area contributed by atoms with E-state index in [-0.39, 0.29) is 19.0 Å². The highest BCUT2D eigenvalue weighted by Crippen LogP contribution is 2.29. The van der Waals surface area contributed by atoms with Gasteiger partial charge in [0.2, 0.25) is 0 Å². The topological polar surface area (TPSA) is 75.1 Å². The van der Waals surface area contributed by atoms with Crippen molar-refractivity contribution in [3.8, 4) is 17.2 Å². The Bertz CT molecular complexity index is 1500. The van der Waals surface area contributed by atoms with Gasteiger partial charge in [0.25, 0.3) is 0 Å². The molecule has 0 unspecified atom stereocenters. The van der Waals surface area contributed by atoms with Crippen LogP contribution in [0.15, 0.2) is 60.7 Å². The normalized spacial score (nSPS) is 13.7. The van der Waals surface area contributed by atoms with Crippen LogP contribution in [0.2, 0.25) is 5.02 Å². The van der Waals surface area contributed by atoms with Gasteiger partial charge in [0.1, 0.15) is 42.9 Å². The van der Waals surface area contributed by atoms with Crippen LogP contribution in [0.1, 0.15) is 49.6 Å². The van der Waals surface area contributed by atoms with Crippen molar-refractivity contribution in [2.75, 3.05) is 32.8 Å². The molecular weight excluding hydrogens is 566 g/mol. The highest BCUT2D eigenvalue weighted by Gasteiger charge is 2.14. The quantitative estimate of drug-likeness (QED) is 0.147. The fourth-order valence-corrected chi connectivity index (χ4v) is 5.37. The molecule has 0 radical (unpaired) electrons. The lowest BCUT2D eigenvalue weighted by Gasteiger charge is -2.26. The number of hydrogen-bond donors (Lipinski definition) is 0. The Kier molecular flexibility index (Phi) is 10.8. The lowest BCUT2D eigenvalue weighted by Crippen LogP contribution is -2.33. The van der Waals surface area contributed by atoms with Crippen molar-refractivity contribution < 1.29 is 23.7 Å². The van der Waals surface area contributed by atoms with E-state index in [1.807, 2.05) is 72.3 Å². The Hall–Kier alpha value is -3.75. The second-order valence-corrected chi connectivity index (χ2v) is 11.2. The van der Waals surface area contributed by atoms with E-state index in [0.717, 1.165) is 40.3 Å². The summed E-state index contributed by atoms with van der Waals surface area (Å²) in [5.41, 5.74) is 3.78. The monoisotopic (exact) mass is 605 g/mol. The maximum absolute atomic E-state index is 12.0. The van der Waals surface area contributed by atoms with Crippen LogP contribution in [0.25, 0.3) is 11.0 Å². The van der Waals surface area contributed by atoms with Gasteiger partial charge in [-0.05, 0) is 80.7 Å². The number of ether oxygens (including phenoxy) is 4. The number of aromatic nitrogens is 2. The smallest absolute Gasteiger partial charge is 0.306 e. The zero-order valence-corrected chi connectivity index (χ0v) is 25.8. The van der Waals surface area contributed by atoms with Crippen LogP contribution in [-0.4, -0.2) is 53.3 Å². The minimum Gasteiger partial charge on any atom is -0.492 e. The first kappa shape index (κ1) is 30.7. The second kappa shape index (κ2) is 15.1. The molecule has 0 aliphatic carbocycles. The molecule has 5 rings (SSSR count). The molecule has 43 heavy (non-hydrogen) atoms. The molecule has 0 saturated carbocycles. The summed E-state index contributed by atoms with van der Waals surface area (Å²) >= 11 is 6.03. The lowest BCUT2D eigenvalue weighted by atomic mass is 10.1. The van der Waals surface area contributed by atoms with Gasteiger partial charge < -0.3 is 23.5 Å². The molecule has 0 N–H and O–H groups in total. The van der Waals surface area contributed by atoms with Gasteiger partial charge in [-0.15, -0.1) is 0 Å². The summed E-state index contributed by atoms with van der Waals surface area (Å²) in [6.07, 6.45) is 4.67. The fourth-order valence-electron chi connectivity index (χ4n) is 5.24. The highest BCUT2D eigenvalue weighted by molar-refractivity contribution is 6.30. The third-order valence-electron chi connectivity index (χ3n) is 7.69. The number of hydrogen-bond acceptors (Lipinski definition) is 7. The number of carbonyl (C=O) groups is 1. The summed E-state index contributed by atoms with van der Waals surface area (Å²) in [5.74, 6) is 2.73. The number of fused-ring (bicyclic) bond motifs is 1. The summed E-state index contributed by atoms with van der Waals surface area (Å²) in [7, 11) is 1.99. The van der Waals surface area contributed by atoms with Crippen LogP contribution in [0.5, 0.6) is 17.2 Å². The molecular formula is C34H40ClN3O5. The van der Waals surface area contributed by atoms with Gasteiger partial charge in [0.05, 0.1) is 17.6 Å². The van der Waals surface area contributed by atoms with Gasteiger partial charge in [-0.2, -0.15) is 0 Å². The molecule has 0 bridgehead atoms. The van der Waals surface area contributed by atoms with Crippen LogP contribution in [0.3, 0.4) is 0 Å². The maximum atomic E-state index is 12.0. The molecule has 2 heterocycles. The van der Waals surface area contributed by atoms with Crippen molar-refractivity contribution in [1.82, 2.24) is 14.5 Å². The standard InChI is InChI=1S/C34H40ClN3O5/c1-3-40-34(39)16-10-26-9-13-29(22-32(26)43-23-25-7-11-27(35)12-8-25)42-24-33-36-30-15-14-28(21-31(30)37(33)2)41-20-19-38-17-5-4-6-18-38/h7-9,11-15,21-22H,3-6,10,16-20,23-24H2,1-2H3. The first-order valence-electron chi connectivity index (χ1n) is 15.1. The molecule has 1 aliphatic rings. The Balaban J connectivity index is 1.24. The number of esters is 1. The number of imidazole rings is 1. The van der Waals surface area contributed by atoms with E-state index in [2.05, 4.69) is 4.90 Å². The van der Waals surface area contributed by atoms with Crippen molar-refractivity contribution in [3.63, 3.8) is 0 Å². The van der Waals surface area contributed by atoms with Crippen molar-refractivity contribution in [2.24, 2.45) is 7.05 Å². The average molecular weight is 606 g/mol. The fraction of sp³-hybridized carbons (Fsp3) is 0.412. The van der Waals surface area contributed by atoms with E-state index in [1.165, 1.54) is 32.4 Å². The molecule has 1 fully saturated rings. The molecule has 1 aliphatic heterocycles. The number of benzene rings is 3. The van der Waals surface area contributed by atoms with Gasteiger partial charge in [0.15, 0.2) is 0 Å². The number of halogens is 1. The Morgan fingerprint density at radius 1 is 0.907 bits per heavy atom. The Morgan fingerprint density at radius 2 is 1.67 bits per heavy atom. The third-order valence-corrected chi connectivity index (χ3v) is 7.94. The van der Waals surface area contributed by atoms with E-state index in [9.17, 15) is 4.79 Å². The van der Waals surface area contributed by atoms with Crippen LogP contribution in [0, 0.1) is 0 Å². The number of likely N-dealkylation sites (tertiary alicyclic amines) is 1.